The van der Waals surface area contributed by atoms with Gasteiger partial charge in [-0.25, -0.2) is 0 Å². The molecular formula is C20H20ClN3O3. The van der Waals surface area contributed by atoms with E-state index in [9.17, 15) is 9.59 Å². The minimum Gasteiger partial charge on any atom is -0.468 e. The SMILES string of the molecule is CN1C(=N)NC(C)(c2cccc(-c3cc(Cl)ccc3CCOC=O)c2)C1=O. The van der Waals surface area contributed by atoms with E-state index in [2.05, 4.69) is 5.32 Å². The number of rotatable bonds is 6. The third-order valence-electron chi connectivity index (χ3n) is 4.82. The van der Waals surface area contributed by atoms with E-state index in [4.69, 9.17) is 21.7 Å². The Labute approximate surface area is 162 Å². The Morgan fingerprint density at radius 1 is 1.30 bits per heavy atom. The van der Waals surface area contributed by atoms with E-state index in [1.165, 1.54) is 4.90 Å². The van der Waals surface area contributed by atoms with Crippen LogP contribution in [0.4, 0.5) is 0 Å². The van der Waals surface area contributed by atoms with Crippen molar-refractivity contribution in [2.45, 2.75) is 18.9 Å². The summed E-state index contributed by atoms with van der Waals surface area (Å²) in [6, 6.07) is 13.2. The number of likely N-dealkylation sites (N-methyl/N-ethyl adjacent to an activating group) is 1. The number of nitrogens with zero attached hydrogens (tertiary/aromatic N) is 1. The number of ether oxygens (including phenoxy) is 1. The Hall–Kier alpha value is -2.86. The van der Waals surface area contributed by atoms with Gasteiger partial charge >= 0.3 is 0 Å². The number of benzene rings is 2. The Kier molecular flexibility index (Phi) is 5.19. The van der Waals surface area contributed by atoms with Crippen LogP contribution in [0.5, 0.6) is 0 Å². The summed E-state index contributed by atoms with van der Waals surface area (Å²) in [6.07, 6.45) is 0.553. The molecule has 0 aromatic heterocycles. The third-order valence-corrected chi connectivity index (χ3v) is 5.05. The van der Waals surface area contributed by atoms with Crippen molar-refractivity contribution < 1.29 is 14.3 Å². The fourth-order valence-corrected chi connectivity index (χ4v) is 3.43. The maximum atomic E-state index is 12.6. The topological polar surface area (TPSA) is 82.5 Å². The van der Waals surface area contributed by atoms with Gasteiger partial charge < -0.3 is 10.1 Å². The van der Waals surface area contributed by atoms with Crippen molar-refractivity contribution in [3.63, 3.8) is 0 Å². The number of carbonyl (C=O) groups excluding carboxylic acids is 2. The number of hydrogen-bond donors (Lipinski definition) is 2. The summed E-state index contributed by atoms with van der Waals surface area (Å²) in [5.41, 5.74) is 2.55. The van der Waals surface area contributed by atoms with Crippen molar-refractivity contribution in [2.75, 3.05) is 13.7 Å². The zero-order valence-electron chi connectivity index (χ0n) is 15.1. The van der Waals surface area contributed by atoms with Gasteiger partial charge in [0.25, 0.3) is 12.4 Å². The van der Waals surface area contributed by atoms with Crippen molar-refractivity contribution in [1.29, 1.82) is 5.41 Å². The molecule has 2 N–H and O–H groups in total. The molecule has 1 aliphatic rings. The Bertz CT molecular complexity index is 915. The average molecular weight is 386 g/mol. The number of carbonyl (C=O) groups is 2. The molecule has 7 heteroatoms. The second kappa shape index (κ2) is 7.40. The molecule has 1 fully saturated rings. The Balaban J connectivity index is 2.02. The molecule has 6 nitrogen and oxygen atoms in total. The molecule has 1 heterocycles. The van der Waals surface area contributed by atoms with E-state index >= 15 is 0 Å². The molecule has 3 rings (SSSR count). The number of hydrogen-bond acceptors (Lipinski definition) is 4. The monoisotopic (exact) mass is 385 g/mol. The molecular weight excluding hydrogens is 366 g/mol. The molecule has 1 unspecified atom stereocenters. The molecule has 2 aromatic carbocycles. The second-order valence-corrected chi connectivity index (χ2v) is 7.00. The highest BCUT2D eigenvalue weighted by molar-refractivity contribution is 6.30. The Morgan fingerprint density at radius 2 is 2.07 bits per heavy atom. The first kappa shape index (κ1) is 18.9. The molecule has 2 aromatic rings. The molecule has 1 saturated heterocycles. The summed E-state index contributed by atoms with van der Waals surface area (Å²) in [6.45, 7) is 2.47. The highest BCUT2D eigenvalue weighted by atomic mass is 35.5. The maximum absolute atomic E-state index is 12.6. The van der Waals surface area contributed by atoms with Crippen LogP contribution in [0.3, 0.4) is 0 Å². The molecule has 0 saturated carbocycles. The first-order valence-corrected chi connectivity index (χ1v) is 8.84. The van der Waals surface area contributed by atoms with Gasteiger partial charge in [0.1, 0.15) is 5.54 Å². The number of amides is 1. The molecule has 0 aliphatic carbocycles. The first-order chi connectivity index (χ1) is 12.9. The maximum Gasteiger partial charge on any atom is 0.293 e. The molecule has 1 amide bonds. The number of guanidine groups is 1. The fourth-order valence-electron chi connectivity index (χ4n) is 3.26. The molecule has 140 valence electrons. The van der Waals surface area contributed by atoms with Gasteiger partial charge in [0, 0.05) is 18.5 Å². The van der Waals surface area contributed by atoms with Crippen molar-refractivity contribution >= 4 is 29.9 Å². The van der Waals surface area contributed by atoms with Crippen LogP contribution >= 0.6 is 11.6 Å². The molecule has 27 heavy (non-hydrogen) atoms. The highest BCUT2D eigenvalue weighted by Crippen LogP contribution is 2.33. The molecule has 0 spiro atoms. The summed E-state index contributed by atoms with van der Waals surface area (Å²) in [5, 5.41) is 11.5. The fraction of sp³-hybridized carbons (Fsp3) is 0.250. The summed E-state index contributed by atoms with van der Waals surface area (Å²) >= 11 is 6.20. The zero-order valence-corrected chi connectivity index (χ0v) is 15.8. The van der Waals surface area contributed by atoms with Crippen LogP contribution in [-0.4, -0.2) is 36.9 Å². The van der Waals surface area contributed by atoms with Gasteiger partial charge in [-0.3, -0.25) is 19.9 Å². The normalized spacial score (nSPS) is 19.1. The van der Waals surface area contributed by atoms with E-state index < -0.39 is 5.54 Å². The van der Waals surface area contributed by atoms with E-state index in [0.717, 1.165) is 22.3 Å². The molecule has 1 atom stereocenters. The van der Waals surface area contributed by atoms with Gasteiger partial charge in [-0.15, -0.1) is 0 Å². The first-order valence-electron chi connectivity index (χ1n) is 8.46. The highest BCUT2D eigenvalue weighted by Gasteiger charge is 2.45. The third kappa shape index (κ3) is 3.53. The summed E-state index contributed by atoms with van der Waals surface area (Å²) in [5.74, 6) is -0.113. The largest absolute Gasteiger partial charge is 0.468 e. The van der Waals surface area contributed by atoms with Crippen LogP contribution in [0.2, 0.25) is 5.02 Å². The quantitative estimate of drug-likeness (QED) is 0.591. The van der Waals surface area contributed by atoms with Crippen molar-refractivity contribution in [2.24, 2.45) is 0 Å². The lowest BCUT2D eigenvalue weighted by Crippen LogP contribution is -2.40. The van der Waals surface area contributed by atoms with E-state index in [1.54, 1.807) is 20.0 Å². The summed E-state index contributed by atoms with van der Waals surface area (Å²) < 4.78 is 4.82. The van der Waals surface area contributed by atoms with Crippen LogP contribution in [0.1, 0.15) is 18.1 Å². The van der Waals surface area contributed by atoms with Crippen LogP contribution in [0.15, 0.2) is 42.5 Å². The van der Waals surface area contributed by atoms with Gasteiger partial charge in [0.05, 0.1) is 6.61 Å². The summed E-state index contributed by atoms with van der Waals surface area (Å²) in [4.78, 5) is 24.3. The predicted octanol–water partition coefficient (Wildman–Crippen LogP) is 2.93. The lowest BCUT2D eigenvalue weighted by Gasteiger charge is -2.23. The standard InChI is InChI=1S/C20H20ClN3O3/c1-20(18(26)24(2)19(22)23-20)15-5-3-4-14(10-15)17-11-16(21)7-6-13(17)8-9-27-12-25/h3-7,10-12H,8-9H2,1-2H3,(H2,22,23). The smallest absolute Gasteiger partial charge is 0.293 e. The van der Waals surface area contributed by atoms with Gasteiger partial charge in [0.2, 0.25) is 0 Å². The zero-order chi connectivity index (χ0) is 19.6. The van der Waals surface area contributed by atoms with Gasteiger partial charge in [-0.1, -0.05) is 35.9 Å². The minimum atomic E-state index is -0.999. The minimum absolute atomic E-state index is 0.0716. The lowest BCUT2D eigenvalue weighted by atomic mass is 9.88. The lowest BCUT2D eigenvalue weighted by molar-refractivity contribution is -0.130. The molecule has 0 radical (unpaired) electrons. The summed E-state index contributed by atoms with van der Waals surface area (Å²) in [7, 11) is 1.58. The molecule has 1 aliphatic heterocycles. The van der Waals surface area contributed by atoms with Crippen molar-refractivity contribution in [3.8, 4) is 11.1 Å². The molecule has 0 bridgehead atoms. The Morgan fingerprint density at radius 3 is 2.74 bits per heavy atom. The van der Waals surface area contributed by atoms with Crippen LogP contribution in [0, 0.1) is 5.41 Å². The van der Waals surface area contributed by atoms with E-state index in [0.29, 0.717) is 17.9 Å². The van der Waals surface area contributed by atoms with E-state index in [-0.39, 0.29) is 18.5 Å². The van der Waals surface area contributed by atoms with Gasteiger partial charge in [0.15, 0.2) is 5.96 Å². The number of halogens is 1. The van der Waals surface area contributed by atoms with Crippen molar-refractivity contribution in [1.82, 2.24) is 10.2 Å². The van der Waals surface area contributed by atoms with Crippen molar-refractivity contribution in [3.05, 3.63) is 58.6 Å². The van der Waals surface area contributed by atoms with Crippen LogP contribution < -0.4 is 5.32 Å². The van der Waals surface area contributed by atoms with Crippen LogP contribution in [-0.2, 0) is 26.3 Å². The number of nitrogens with one attached hydrogen (secondary N) is 2. The van der Waals surface area contributed by atoms with Crippen LogP contribution in [0.25, 0.3) is 11.1 Å². The second-order valence-electron chi connectivity index (χ2n) is 6.56. The average Bonchev–Trinajstić information content (AvgIpc) is 2.87. The van der Waals surface area contributed by atoms with E-state index in [1.807, 2.05) is 36.4 Å². The van der Waals surface area contributed by atoms with Gasteiger partial charge in [-0.2, -0.15) is 0 Å². The predicted molar refractivity (Wildman–Crippen MR) is 104 cm³/mol. The van der Waals surface area contributed by atoms with Gasteiger partial charge in [-0.05, 0) is 47.4 Å².